The van der Waals surface area contributed by atoms with Crippen molar-refractivity contribution in [3.8, 4) is 0 Å². The van der Waals surface area contributed by atoms with Crippen LogP contribution >= 0.6 is 0 Å². The summed E-state index contributed by atoms with van der Waals surface area (Å²) in [6, 6.07) is 5.61. The van der Waals surface area contributed by atoms with E-state index in [0.717, 1.165) is 12.8 Å². The molecule has 1 heterocycles. The second kappa shape index (κ2) is 7.77. The Morgan fingerprint density at radius 3 is 2.68 bits per heavy atom. The first kappa shape index (κ1) is 15.5. The van der Waals surface area contributed by atoms with Gasteiger partial charge in [0.25, 0.3) is 0 Å². The molecule has 106 valence electrons. The molecule has 0 aliphatic heterocycles. The smallest absolute Gasteiger partial charge is 0.357 e. The highest BCUT2D eigenvalue weighted by Gasteiger charge is 2.09. The quantitative estimate of drug-likeness (QED) is 0.605. The van der Waals surface area contributed by atoms with E-state index >= 15 is 0 Å². The molecule has 0 bridgehead atoms. The number of esters is 1. The number of carbonyl (C=O) groups excluding carboxylic acids is 1. The van der Waals surface area contributed by atoms with E-state index in [2.05, 4.69) is 24.1 Å². The summed E-state index contributed by atoms with van der Waals surface area (Å²) in [5.74, 6) is 0.984. The van der Waals surface area contributed by atoms with Crippen LogP contribution in [0.15, 0.2) is 18.2 Å². The zero-order valence-electron chi connectivity index (χ0n) is 12.3. The second-order valence-corrected chi connectivity index (χ2v) is 5.38. The molecule has 0 spiro atoms. The van der Waals surface area contributed by atoms with Crippen LogP contribution in [0, 0.1) is 5.92 Å². The highest BCUT2D eigenvalue weighted by atomic mass is 16.5. The van der Waals surface area contributed by atoms with Gasteiger partial charge >= 0.3 is 5.97 Å². The Morgan fingerprint density at radius 2 is 2.05 bits per heavy atom. The van der Waals surface area contributed by atoms with Crippen molar-refractivity contribution in [1.82, 2.24) is 4.98 Å². The molecular formula is C15H24N2O2. The molecule has 4 nitrogen and oxygen atoms in total. The van der Waals surface area contributed by atoms with Gasteiger partial charge < -0.3 is 10.1 Å². The summed E-state index contributed by atoms with van der Waals surface area (Å²) < 4.78 is 5.21. The van der Waals surface area contributed by atoms with E-state index in [4.69, 9.17) is 4.74 Å². The molecule has 0 aliphatic carbocycles. The first-order valence-corrected chi connectivity index (χ1v) is 6.89. The van der Waals surface area contributed by atoms with Crippen molar-refractivity contribution < 1.29 is 9.53 Å². The lowest BCUT2D eigenvalue weighted by Gasteiger charge is -2.10. The average Bonchev–Trinajstić information content (AvgIpc) is 2.33. The van der Waals surface area contributed by atoms with Gasteiger partial charge in [-0.2, -0.15) is 0 Å². The molecule has 0 fully saturated rings. The van der Waals surface area contributed by atoms with E-state index in [1.807, 2.05) is 26.0 Å². The minimum absolute atomic E-state index is 0.282. The van der Waals surface area contributed by atoms with Crippen molar-refractivity contribution >= 4 is 11.8 Å². The predicted octanol–water partition coefficient (Wildman–Crippen LogP) is 3.49. The Bertz CT molecular complexity index is 403. The average molecular weight is 264 g/mol. The molecule has 19 heavy (non-hydrogen) atoms. The molecule has 4 heteroatoms. The van der Waals surface area contributed by atoms with Gasteiger partial charge in [0.05, 0.1) is 6.61 Å². The Hall–Kier alpha value is -1.58. The van der Waals surface area contributed by atoms with Crippen LogP contribution in [-0.4, -0.2) is 23.6 Å². The number of anilines is 1. The van der Waals surface area contributed by atoms with Gasteiger partial charge in [-0.3, -0.25) is 0 Å². The largest absolute Gasteiger partial charge is 0.461 e. The highest BCUT2D eigenvalue weighted by Crippen LogP contribution is 2.08. The summed E-state index contributed by atoms with van der Waals surface area (Å²) in [5, 5.41) is 3.16. The minimum atomic E-state index is -0.351. The number of pyridine rings is 1. The number of aromatic nitrogens is 1. The van der Waals surface area contributed by atoms with Gasteiger partial charge in [-0.15, -0.1) is 0 Å². The van der Waals surface area contributed by atoms with Crippen LogP contribution in [0.4, 0.5) is 5.82 Å². The zero-order valence-corrected chi connectivity index (χ0v) is 12.3. The molecule has 0 saturated carbocycles. The van der Waals surface area contributed by atoms with E-state index in [1.165, 1.54) is 0 Å². The summed E-state index contributed by atoms with van der Waals surface area (Å²) in [6.45, 7) is 8.83. The van der Waals surface area contributed by atoms with E-state index < -0.39 is 0 Å². The molecule has 1 rings (SSSR count). The van der Waals surface area contributed by atoms with Crippen molar-refractivity contribution in [3.05, 3.63) is 23.9 Å². The zero-order chi connectivity index (χ0) is 14.3. The molecule has 0 radical (unpaired) electrons. The number of nitrogens with zero attached hydrogens (tertiary/aromatic N) is 1. The molecule has 1 N–H and O–H groups in total. The summed E-state index contributed by atoms with van der Waals surface area (Å²) in [6.07, 6.45) is 1.96. The van der Waals surface area contributed by atoms with E-state index in [0.29, 0.717) is 24.0 Å². The molecule has 0 atom stereocenters. The first-order chi connectivity index (χ1) is 8.99. The number of carbonyl (C=O) groups is 1. The Kier molecular flexibility index (Phi) is 6.33. The Labute approximate surface area is 115 Å². The van der Waals surface area contributed by atoms with Crippen LogP contribution in [0.25, 0.3) is 0 Å². The van der Waals surface area contributed by atoms with Crippen molar-refractivity contribution in [2.24, 2.45) is 5.92 Å². The standard InChI is InChI=1S/C15H24N2O2/c1-11(2)7-6-10-19-15(18)13-8-5-9-14(17-13)16-12(3)4/h5,8-9,11-12H,6-7,10H2,1-4H3,(H,16,17). The number of hydrogen-bond donors (Lipinski definition) is 1. The van der Waals surface area contributed by atoms with E-state index in [-0.39, 0.29) is 12.0 Å². The Balaban J connectivity index is 2.47. The van der Waals surface area contributed by atoms with Crippen LogP contribution < -0.4 is 5.32 Å². The lowest BCUT2D eigenvalue weighted by atomic mass is 10.1. The normalized spacial score (nSPS) is 10.8. The fourth-order valence-corrected chi connectivity index (χ4v) is 1.65. The predicted molar refractivity (Wildman–Crippen MR) is 77.4 cm³/mol. The number of ether oxygens (including phenoxy) is 1. The monoisotopic (exact) mass is 264 g/mol. The summed E-state index contributed by atoms with van der Waals surface area (Å²) in [7, 11) is 0. The maximum absolute atomic E-state index is 11.8. The second-order valence-electron chi connectivity index (χ2n) is 5.38. The van der Waals surface area contributed by atoms with Crippen molar-refractivity contribution in [2.75, 3.05) is 11.9 Å². The van der Waals surface area contributed by atoms with Gasteiger partial charge in [0.2, 0.25) is 0 Å². The van der Waals surface area contributed by atoms with Crippen LogP contribution in [0.1, 0.15) is 51.0 Å². The lowest BCUT2D eigenvalue weighted by molar-refractivity contribution is 0.0488. The van der Waals surface area contributed by atoms with E-state index in [9.17, 15) is 4.79 Å². The van der Waals surface area contributed by atoms with E-state index in [1.54, 1.807) is 6.07 Å². The molecule has 1 aromatic rings. The van der Waals surface area contributed by atoms with Gasteiger partial charge in [0.15, 0.2) is 5.69 Å². The third kappa shape index (κ3) is 6.22. The third-order valence-corrected chi connectivity index (χ3v) is 2.55. The van der Waals surface area contributed by atoms with Crippen molar-refractivity contribution in [3.63, 3.8) is 0 Å². The molecule has 0 saturated heterocycles. The molecular weight excluding hydrogens is 240 g/mol. The van der Waals surface area contributed by atoms with Gasteiger partial charge in [-0.1, -0.05) is 19.9 Å². The molecule has 0 aromatic carbocycles. The van der Waals surface area contributed by atoms with Gasteiger partial charge in [0, 0.05) is 6.04 Å². The molecule has 0 aliphatic rings. The van der Waals surface area contributed by atoms with Crippen molar-refractivity contribution in [2.45, 2.75) is 46.6 Å². The SMILES string of the molecule is CC(C)CCCOC(=O)c1cccc(NC(C)C)n1. The van der Waals surface area contributed by atoms with Gasteiger partial charge in [0.1, 0.15) is 5.82 Å². The third-order valence-electron chi connectivity index (χ3n) is 2.55. The van der Waals surface area contributed by atoms with Gasteiger partial charge in [-0.05, 0) is 44.7 Å². The summed E-state index contributed by atoms with van der Waals surface area (Å²) in [4.78, 5) is 16.1. The number of nitrogens with one attached hydrogen (secondary N) is 1. The lowest BCUT2D eigenvalue weighted by Crippen LogP contribution is -2.14. The topological polar surface area (TPSA) is 51.2 Å². The van der Waals surface area contributed by atoms with Crippen molar-refractivity contribution in [1.29, 1.82) is 0 Å². The molecule has 1 aromatic heterocycles. The number of rotatable bonds is 7. The van der Waals surface area contributed by atoms with Crippen LogP contribution in [0.3, 0.4) is 0 Å². The van der Waals surface area contributed by atoms with Gasteiger partial charge in [-0.25, -0.2) is 9.78 Å². The first-order valence-electron chi connectivity index (χ1n) is 6.89. The summed E-state index contributed by atoms with van der Waals surface area (Å²) in [5.41, 5.74) is 0.357. The highest BCUT2D eigenvalue weighted by molar-refractivity contribution is 5.87. The molecule has 0 unspecified atom stereocenters. The van der Waals surface area contributed by atoms with Crippen LogP contribution in [-0.2, 0) is 4.74 Å². The van der Waals surface area contributed by atoms with Crippen LogP contribution in [0.5, 0.6) is 0 Å². The molecule has 0 amide bonds. The fraction of sp³-hybridized carbons (Fsp3) is 0.600. The maximum Gasteiger partial charge on any atom is 0.357 e. The Morgan fingerprint density at radius 1 is 1.32 bits per heavy atom. The summed E-state index contributed by atoms with van der Waals surface area (Å²) >= 11 is 0. The number of hydrogen-bond acceptors (Lipinski definition) is 4. The fourth-order valence-electron chi connectivity index (χ4n) is 1.65. The maximum atomic E-state index is 11.8. The van der Waals surface area contributed by atoms with Crippen LogP contribution in [0.2, 0.25) is 0 Å². The minimum Gasteiger partial charge on any atom is -0.461 e.